The highest BCUT2D eigenvalue weighted by Crippen LogP contribution is 2.39. The first kappa shape index (κ1) is 21.5. The molecule has 0 spiro atoms. The van der Waals surface area contributed by atoms with Gasteiger partial charge in [0.2, 0.25) is 10.0 Å². The third kappa shape index (κ3) is 5.03. The minimum absolute atomic E-state index is 0.0221. The van der Waals surface area contributed by atoms with Crippen molar-refractivity contribution in [2.45, 2.75) is 57.2 Å². The molecule has 0 aromatic rings. The summed E-state index contributed by atoms with van der Waals surface area (Å²) >= 11 is 0. The van der Waals surface area contributed by atoms with Gasteiger partial charge >= 0.3 is 11.9 Å². The van der Waals surface area contributed by atoms with Crippen LogP contribution < -0.4 is 10.0 Å². The van der Waals surface area contributed by atoms with E-state index in [2.05, 4.69) is 10.0 Å². The maximum absolute atomic E-state index is 11.8. The lowest BCUT2D eigenvalue weighted by molar-refractivity contribution is -0.143. The minimum atomic E-state index is -3.37. The standard InChI is InChI=1S/C18H31N3O6S/c1-2-28(26,27)20-14-7-16(18(24)25)21(10-14)9-11-3-4-12-8-19-15(17(22)23)6-13(12)5-11/h11-16,19-20H,2-10H2,1H3,(H,22,23)(H,24,25). The topological polar surface area (TPSA) is 136 Å². The summed E-state index contributed by atoms with van der Waals surface area (Å²) in [6.07, 6.45) is 3.82. The van der Waals surface area contributed by atoms with Crippen LogP contribution in [0, 0.1) is 17.8 Å². The molecule has 3 rings (SSSR count). The third-order valence-electron chi connectivity index (χ3n) is 6.62. The Hall–Kier alpha value is -1.23. The maximum atomic E-state index is 11.8. The number of sulfonamides is 1. The number of nitrogens with zero attached hydrogens (tertiary/aromatic N) is 1. The van der Waals surface area contributed by atoms with Crippen LogP contribution in [0.1, 0.15) is 39.0 Å². The van der Waals surface area contributed by atoms with E-state index < -0.39 is 34.0 Å². The van der Waals surface area contributed by atoms with E-state index in [1.807, 2.05) is 4.90 Å². The predicted molar refractivity (Wildman–Crippen MR) is 102 cm³/mol. The second-order valence-corrected chi connectivity index (χ2v) is 10.5. The minimum Gasteiger partial charge on any atom is -0.480 e. The Morgan fingerprint density at radius 3 is 2.50 bits per heavy atom. The number of aliphatic carboxylic acids is 2. The number of fused-ring (bicyclic) bond motifs is 1. The first-order valence-electron chi connectivity index (χ1n) is 10.1. The number of hydrogen-bond donors (Lipinski definition) is 4. The highest BCUT2D eigenvalue weighted by Gasteiger charge is 2.42. The van der Waals surface area contributed by atoms with Crippen molar-refractivity contribution in [3.63, 3.8) is 0 Å². The van der Waals surface area contributed by atoms with Crippen molar-refractivity contribution >= 4 is 22.0 Å². The Kier molecular flexibility index (Phi) is 6.63. The molecule has 1 saturated carbocycles. The van der Waals surface area contributed by atoms with E-state index in [1.165, 1.54) is 0 Å². The van der Waals surface area contributed by atoms with Gasteiger partial charge in [-0.25, -0.2) is 13.1 Å². The Balaban J connectivity index is 1.60. The molecule has 9 nitrogen and oxygen atoms in total. The van der Waals surface area contributed by atoms with Crippen LogP contribution in [-0.4, -0.2) is 79.0 Å². The van der Waals surface area contributed by atoms with E-state index in [0.29, 0.717) is 37.3 Å². The number of carboxylic acids is 2. The predicted octanol–water partition coefficient (Wildman–Crippen LogP) is -0.0678. The monoisotopic (exact) mass is 417 g/mol. The number of rotatable bonds is 7. The van der Waals surface area contributed by atoms with Crippen LogP contribution in [0.25, 0.3) is 0 Å². The van der Waals surface area contributed by atoms with Crippen LogP contribution >= 0.6 is 0 Å². The van der Waals surface area contributed by atoms with Gasteiger partial charge in [0.25, 0.3) is 0 Å². The van der Waals surface area contributed by atoms with Gasteiger partial charge in [-0.2, -0.15) is 0 Å². The van der Waals surface area contributed by atoms with Crippen LogP contribution in [-0.2, 0) is 19.6 Å². The molecule has 0 aromatic heterocycles. The van der Waals surface area contributed by atoms with Gasteiger partial charge in [0.15, 0.2) is 0 Å². The molecule has 0 radical (unpaired) electrons. The molecule has 2 aliphatic heterocycles. The number of hydrogen-bond acceptors (Lipinski definition) is 6. The van der Waals surface area contributed by atoms with Gasteiger partial charge in [-0.1, -0.05) is 0 Å². The van der Waals surface area contributed by atoms with Crippen molar-refractivity contribution in [3.05, 3.63) is 0 Å². The van der Waals surface area contributed by atoms with Crippen LogP contribution in [0.2, 0.25) is 0 Å². The normalized spacial score (nSPS) is 36.8. The summed E-state index contributed by atoms with van der Waals surface area (Å²) in [4.78, 5) is 24.9. The summed E-state index contributed by atoms with van der Waals surface area (Å²) in [7, 11) is -3.37. The van der Waals surface area contributed by atoms with Crippen LogP contribution in [0.4, 0.5) is 0 Å². The second-order valence-electron chi connectivity index (χ2n) is 8.50. The van der Waals surface area contributed by atoms with Crippen molar-refractivity contribution in [1.82, 2.24) is 14.9 Å². The zero-order valence-electron chi connectivity index (χ0n) is 16.2. The van der Waals surface area contributed by atoms with Gasteiger partial charge in [-0.05, 0) is 63.3 Å². The summed E-state index contributed by atoms with van der Waals surface area (Å²) < 4.78 is 26.3. The van der Waals surface area contributed by atoms with E-state index in [0.717, 1.165) is 25.8 Å². The lowest BCUT2D eigenvalue weighted by atomic mass is 9.69. The number of carbonyl (C=O) groups is 2. The summed E-state index contributed by atoms with van der Waals surface area (Å²) in [6.45, 7) is 3.32. The lowest BCUT2D eigenvalue weighted by Crippen LogP contribution is -2.50. The summed E-state index contributed by atoms with van der Waals surface area (Å²) in [5.74, 6) is -0.591. The molecule has 2 saturated heterocycles. The summed E-state index contributed by atoms with van der Waals surface area (Å²) in [6, 6.07) is -1.55. The molecule has 0 aromatic carbocycles. The van der Waals surface area contributed by atoms with E-state index in [4.69, 9.17) is 0 Å². The van der Waals surface area contributed by atoms with Crippen molar-refractivity contribution in [1.29, 1.82) is 0 Å². The molecule has 6 atom stereocenters. The molecule has 3 fully saturated rings. The van der Waals surface area contributed by atoms with Gasteiger partial charge in [0, 0.05) is 19.1 Å². The van der Waals surface area contributed by atoms with Crippen molar-refractivity contribution in [3.8, 4) is 0 Å². The molecular formula is C18H31N3O6S. The quantitative estimate of drug-likeness (QED) is 0.452. The highest BCUT2D eigenvalue weighted by molar-refractivity contribution is 7.89. The maximum Gasteiger partial charge on any atom is 0.320 e. The second kappa shape index (κ2) is 8.64. The first-order valence-corrected chi connectivity index (χ1v) is 11.8. The van der Waals surface area contributed by atoms with Crippen LogP contribution in [0.5, 0.6) is 0 Å². The molecule has 10 heteroatoms. The zero-order chi connectivity index (χ0) is 20.5. The Bertz CT molecular complexity index is 699. The van der Waals surface area contributed by atoms with Crippen LogP contribution in [0.15, 0.2) is 0 Å². The zero-order valence-corrected chi connectivity index (χ0v) is 17.0. The van der Waals surface area contributed by atoms with E-state index in [-0.39, 0.29) is 18.2 Å². The number of likely N-dealkylation sites (tertiary alicyclic amines) is 1. The molecule has 4 N–H and O–H groups in total. The molecule has 1 aliphatic carbocycles. The Morgan fingerprint density at radius 1 is 1.11 bits per heavy atom. The SMILES string of the molecule is CCS(=O)(=O)NC1CC(C(=O)O)N(CC2CCC3CNC(C(=O)O)CC3C2)C1. The largest absolute Gasteiger partial charge is 0.480 e. The van der Waals surface area contributed by atoms with Gasteiger partial charge in [0.1, 0.15) is 12.1 Å². The van der Waals surface area contributed by atoms with E-state index >= 15 is 0 Å². The summed E-state index contributed by atoms with van der Waals surface area (Å²) in [5.41, 5.74) is 0. The van der Waals surface area contributed by atoms with E-state index in [9.17, 15) is 28.2 Å². The lowest BCUT2D eigenvalue weighted by Gasteiger charge is -2.42. The fourth-order valence-electron chi connectivity index (χ4n) is 5.13. The molecule has 6 unspecified atom stereocenters. The van der Waals surface area contributed by atoms with Crippen LogP contribution in [0.3, 0.4) is 0 Å². The number of nitrogens with one attached hydrogen (secondary N) is 2. The Labute approximate surface area is 165 Å². The smallest absolute Gasteiger partial charge is 0.320 e. The average molecular weight is 418 g/mol. The van der Waals surface area contributed by atoms with Crippen molar-refractivity contribution in [2.75, 3.05) is 25.4 Å². The Morgan fingerprint density at radius 2 is 1.86 bits per heavy atom. The molecule has 0 bridgehead atoms. The van der Waals surface area contributed by atoms with Crippen molar-refractivity contribution < 1.29 is 28.2 Å². The number of carboxylic acid groups (broad SMARTS) is 2. The first-order chi connectivity index (χ1) is 13.2. The highest BCUT2D eigenvalue weighted by atomic mass is 32.2. The van der Waals surface area contributed by atoms with E-state index in [1.54, 1.807) is 6.92 Å². The molecule has 160 valence electrons. The number of piperidine rings is 1. The summed E-state index contributed by atoms with van der Waals surface area (Å²) in [5, 5.41) is 22.0. The molecule has 3 aliphatic rings. The van der Waals surface area contributed by atoms with Gasteiger partial charge < -0.3 is 15.5 Å². The molecule has 28 heavy (non-hydrogen) atoms. The van der Waals surface area contributed by atoms with Gasteiger partial charge in [-0.15, -0.1) is 0 Å². The van der Waals surface area contributed by atoms with Crippen molar-refractivity contribution in [2.24, 2.45) is 17.8 Å². The van der Waals surface area contributed by atoms with Gasteiger partial charge in [0.05, 0.1) is 5.75 Å². The molecule has 0 amide bonds. The fraction of sp³-hybridized carbons (Fsp3) is 0.889. The fourth-order valence-corrected chi connectivity index (χ4v) is 5.98. The average Bonchev–Trinajstić information content (AvgIpc) is 3.02. The molecule has 2 heterocycles. The van der Waals surface area contributed by atoms with Gasteiger partial charge in [-0.3, -0.25) is 14.5 Å². The third-order valence-corrected chi connectivity index (χ3v) is 8.07. The molecular weight excluding hydrogens is 386 g/mol.